The van der Waals surface area contributed by atoms with Gasteiger partial charge in [-0.1, -0.05) is 23.7 Å². The number of methoxy groups -OCH3 is 1. The lowest BCUT2D eigenvalue weighted by Gasteiger charge is -2.27. The number of rotatable bonds is 10. The van der Waals surface area contributed by atoms with Crippen molar-refractivity contribution in [2.75, 3.05) is 30.5 Å². The van der Waals surface area contributed by atoms with Gasteiger partial charge >= 0.3 is 12.1 Å². The van der Waals surface area contributed by atoms with E-state index in [-0.39, 0.29) is 47.8 Å². The number of fused-ring (bicyclic) bond motifs is 1. The molecule has 41 heavy (non-hydrogen) atoms. The van der Waals surface area contributed by atoms with Crippen molar-refractivity contribution in [1.29, 1.82) is 0 Å². The fourth-order valence-corrected chi connectivity index (χ4v) is 4.85. The summed E-state index contributed by atoms with van der Waals surface area (Å²) in [5.41, 5.74) is 0.124. The molecule has 1 unspecified atom stereocenters. The number of ether oxygens (including phenoxy) is 2. The van der Waals surface area contributed by atoms with Gasteiger partial charge in [-0.15, -0.1) is 0 Å². The molecular formula is C29H27ClF4N2O5. The van der Waals surface area contributed by atoms with Gasteiger partial charge in [0.2, 0.25) is 0 Å². The number of halogens is 5. The Bertz CT molecular complexity index is 1460. The molecule has 2 N–H and O–H groups in total. The van der Waals surface area contributed by atoms with Gasteiger partial charge in [-0.2, -0.15) is 13.2 Å². The molecule has 0 radical (unpaired) electrons. The Kier molecular flexibility index (Phi) is 8.96. The van der Waals surface area contributed by atoms with E-state index in [4.69, 9.17) is 26.2 Å². The number of aryl methyl sites for hydroxylation is 1. The standard InChI is InChI=1S/C29H27ClF4N2O5/c1-16-10-17-7-8-36(25(17)15-23(16)29(32,33)34)28(39)27(22-6-5-18(30)11-24(22)31)35-19-12-20(40-2)14-21(13-19)41-9-3-4-26(37)38/h5-6,10-15,27,35H,3-4,7-9H2,1-2H3,(H,37,38). The van der Waals surface area contributed by atoms with E-state index in [0.29, 0.717) is 29.2 Å². The van der Waals surface area contributed by atoms with Crippen LogP contribution < -0.4 is 19.7 Å². The Morgan fingerprint density at radius 1 is 1.12 bits per heavy atom. The second-order valence-electron chi connectivity index (χ2n) is 9.52. The summed E-state index contributed by atoms with van der Waals surface area (Å²) in [5.74, 6) is -1.78. The molecule has 0 fully saturated rings. The number of nitrogens with one attached hydrogen (secondary N) is 1. The molecular weight excluding hydrogens is 568 g/mol. The number of hydrogen-bond donors (Lipinski definition) is 2. The molecule has 1 amide bonds. The highest BCUT2D eigenvalue weighted by molar-refractivity contribution is 6.30. The number of nitrogens with zero attached hydrogens (tertiary/aromatic N) is 1. The summed E-state index contributed by atoms with van der Waals surface area (Å²) in [6.45, 7) is 1.57. The summed E-state index contributed by atoms with van der Waals surface area (Å²) >= 11 is 5.94. The molecule has 0 aromatic heterocycles. The van der Waals surface area contributed by atoms with Crippen molar-refractivity contribution in [3.63, 3.8) is 0 Å². The van der Waals surface area contributed by atoms with Gasteiger partial charge in [0.25, 0.3) is 5.91 Å². The number of aliphatic carboxylic acids is 1. The number of anilines is 2. The third kappa shape index (κ3) is 7.02. The number of alkyl halides is 3. The summed E-state index contributed by atoms with van der Waals surface area (Å²) in [4.78, 5) is 26.0. The number of benzene rings is 3. The number of carboxylic acid groups (broad SMARTS) is 1. The van der Waals surface area contributed by atoms with Crippen LogP contribution in [0.2, 0.25) is 5.02 Å². The summed E-state index contributed by atoms with van der Waals surface area (Å²) in [6.07, 6.45) is -4.12. The van der Waals surface area contributed by atoms with E-state index in [1.54, 1.807) is 12.1 Å². The number of carbonyl (C=O) groups excluding carboxylic acids is 1. The zero-order valence-corrected chi connectivity index (χ0v) is 22.9. The average molecular weight is 595 g/mol. The highest BCUT2D eigenvalue weighted by Gasteiger charge is 2.38. The molecule has 0 saturated heterocycles. The van der Waals surface area contributed by atoms with Crippen molar-refractivity contribution in [3.8, 4) is 11.5 Å². The molecule has 4 rings (SSSR count). The molecule has 1 heterocycles. The third-order valence-corrected chi connectivity index (χ3v) is 6.88. The highest BCUT2D eigenvalue weighted by atomic mass is 35.5. The van der Waals surface area contributed by atoms with Crippen LogP contribution in [-0.4, -0.2) is 37.2 Å². The number of carbonyl (C=O) groups is 2. The summed E-state index contributed by atoms with van der Waals surface area (Å²) in [5, 5.41) is 11.9. The Hall–Kier alpha value is -3.99. The zero-order valence-electron chi connectivity index (χ0n) is 22.1. The van der Waals surface area contributed by atoms with E-state index in [2.05, 4.69) is 5.32 Å². The molecule has 0 bridgehead atoms. The van der Waals surface area contributed by atoms with Crippen LogP contribution in [-0.2, 0) is 22.2 Å². The molecule has 0 aliphatic carbocycles. The van der Waals surface area contributed by atoms with E-state index in [0.717, 1.165) is 12.1 Å². The number of amides is 1. The van der Waals surface area contributed by atoms with Gasteiger partial charge in [-0.3, -0.25) is 9.59 Å². The predicted octanol–water partition coefficient (Wildman–Crippen LogP) is 6.80. The second kappa shape index (κ2) is 12.3. The fourth-order valence-electron chi connectivity index (χ4n) is 4.70. The van der Waals surface area contributed by atoms with Crippen LogP contribution in [0.1, 0.15) is 41.1 Å². The first kappa shape index (κ1) is 30.0. The Labute approximate surface area is 238 Å². The predicted molar refractivity (Wildman–Crippen MR) is 145 cm³/mol. The Balaban J connectivity index is 1.71. The minimum atomic E-state index is -4.61. The van der Waals surface area contributed by atoms with Crippen molar-refractivity contribution in [3.05, 3.63) is 81.6 Å². The topological polar surface area (TPSA) is 88.1 Å². The largest absolute Gasteiger partial charge is 0.497 e. The van der Waals surface area contributed by atoms with Crippen molar-refractivity contribution >= 4 is 34.9 Å². The molecule has 0 saturated carbocycles. The van der Waals surface area contributed by atoms with Gasteiger partial charge in [0.1, 0.15) is 23.4 Å². The van der Waals surface area contributed by atoms with E-state index in [9.17, 15) is 22.8 Å². The van der Waals surface area contributed by atoms with Crippen LogP contribution in [0, 0.1) is 12.7 Å². The lowest BCUT2D eigenvalue weighted by atomic mass is 10.0. The van der Waals surface area contributed by atoms with Crippen LogP contribution in [0.15, 0.2) is 48.5 Å². The number of carboxylic acids is 1. The van der Waals surface area contributed by atoms with Gasteiger partial charge in [0.05, 0.1) is 19.3 Å². The first-order valence-electron chi connectivity index (χ1n) is 12.6. The molecule has 12 heteroatoms. The van der Waals surface area contributed by atoms with E-state index in [1.807, 2.05) is 0 Å². The Morgan fingerprint density at radius 3 is 2.51 bits per heavy atom. The lowest BCUT2D eigenvalue weighted by Crippen LogP contribution is -2.37. The monoisotopic (exact) mass is 594 g/mol. The van der Waals surface area contributed by atoms with Gasteiger partial charge in [0, 0.05) is 53.1 Å². The van der Waals surface area contributed by atoms with Crippen molar-refractivity contribution in [1.82, 2.24) is 0 Å². The number of hydrogen-bond acceptors (Lipinski definition) is 5. The quantitative estimate of drug-likeness (QED) is 0.198. The maximum Gasteiger partial charge on any atom is 0.416 e. The van der Waals surface area contributed by atoms with Crippen molar-refractivity contribution in [2.24, 2.45) is 0 Å². The third-order valence-electron chi connectivity index (χ3n) is 6.64. The van der Waals surface area contributed by atoms with Gasteiger partial charge in [-0.25, -0.2) is 4.39 Å². The van der Waals surface area contributed by atoms with Crippen molar-refractivity contribution < 1.29 is 41.7 Å². The summed E-state index contributed by atoms with van der Waals surface area (Å²) < 4.78 is 67.2. The maximum absolute atomic E-state index is 15.2. The van der Waals surface area contributed by atoms with Crippen LogP contribution in [0.25, 0.3) is 0 Å². The zero-order chi connectivity index (χ0) is 29.9. The van der Waals surface area contributed by atoms with E-state index in [1.165, 1.54) is 43.2 Å². The normalized spacial score (nSPS) is 13.5. The van der Waals surface area contributed by atoms with Gasteiger partial charge in [-0.05, 0) is 49.1 Å². The van der Waals surface area contributed by atoms with E-state index < -0.39 is 35.5 Å². The molecule has 1 atom stereocenters. The van der Waals surface area contributed by atoms with Crippen LogP contribution in [0.3, 0.4) is 0 Å². The Morgan fingerprint density at radius 2 is 1.85 bits per heavy atom. The molecule has 218 valence electrons. The molecule has 1 aliphatic heterocycles. The average Bonchev–Trinajstić information content (AvgIpc) is 3.31. The second-order valence-corrected chi connectivity index (χ2v) is 9.96. The van der Waals surface area contributed by atoms with Crippen molar-refractivity contribution in [2.45, 2.75) is 38.4 Å². The smallest absolute Gasteiger partial charge is 0.416 e. The minimum Gasteiger partial charge on any atom is -0.497 e. The highest BCUT2D eigenvalue weighted by Crippen LogP contribution is 2.40. The lowest BCUT2D eigenvalue weighted by molar-refractivity contribution is -0.138. The SMILES string of the molecule is COc1cc(NC(C(=O)N2CCc3cc(C)c(C(F)(F)F)cc32)c2ccc(Cl)cc2F)cc(OCCCC(=O)O)c1. The van der Waals surface area contributed by atoms with Crippen LogP contribution in [0.5, 0.6) is 11.5 Å². The minimum absolute atomic E-state index is 0.0521. The summed E-state index contributed by atoms with van der Waals surface area (Å²) in [7, 11) is 1.41. The van der Waals surface area contributed by atoms with Gasteiger partial charge < -0.3 is 24.8 Å². The van der Waals surface area contributed by atoms with E-state index >= 15 is 4.39 Å². The fraction of sp³-hybridized carbons (Fsp3) is 0.310. The maximum atomic E-state index is 15.2. The first-order chi connectivity index (χ1) is 19.4. The van der Waals surface area contributed by atoms with Crippen LogP contribution >= 0.6 is 11.6 Å². The molecule has 7 nitrogen and oxygen atoms in total. The van der Waals surface area contributed by atoms with Crippen LogP contribution in [0.4, 0.5) is 28.9 Å². The first-order valence-corrected chi connectivity index (χ1v) is 13.0. The van der Waals surface area contributed by atoms with Gasteiger partial charge in [0.15, 0.2) is 0 Å². The molecule has 0 spiro atoms. The molecule has 3 aromatic rings. The molecule has 3 aromatic carbocycles. The summed E-state index contributed by atoms with van der Waals surface area (Å²) in [6, 6.07) is 9.44. The molecule has 1 aliphatic rings.